The minimum atomic E-state index is -0.529. The zero-order valence-corrected chi connectivity index (χ0v) is 15.7. The van der Waals surface area contributed by atoms with E-state index in [4.69, 9.17) is 0 Å². The van der Waals surface area contributed by atoms with Crippen LogP contribution in [0.15, 0.2) is 42.5 Å². The summed E-state index contributed by atoms with van der Waals surface area (Å²) in [5.74, 6) is 0.309. The smallest absolute Gasteiger partial charge is 0.270 e. The van der Waals surface area contributed by atoms with Crippen LogP contribution in [0.5, 0.6) is 0 Å². The maximum atomic E-state index is 12.5. The quantitative estimate of drug-likeness (QED) is 0.417. The van der Waals surface area contributed by atoms with Gasteiger partial charge in [-0.25, -0.2) is 0 Å². The van der Waals surface area contributed by atoms with Crippen molar-refractivity contribution in [1.82, 2.24) is 19.8 Å². The van der Waals surface area contributed by atoms with Crippen molar-refractivity contribution in [2.24, 2.45) is 0 Å². The average molecular weight is 394 g/mol. The van der Waals surface area contributed by atoms with Crippen molar-refractivity contribution in [3.63, 3.8) is 0 Å². The van der Waals surface area contributed by atoms with E-state index in [0.717, 1.165) is 22.0 Å². The van der Waals surface area contributed by atoms with Crippen molar-refractivity contribution in [3.05, 3.63) is 69.5 Å². The van der Waals surface area contributed by atoms with Crippen LogP contribution in [0.2, 0.25) is 0 Å². The molecule has 28 heavy (non-hydrogen) atoms. The van der Waals surface area contributed by atoms with Crippen LogP contribution < -0.4 is 5.32 Å². The van der Waals surface area contributed by atoms with Crippen LogP contribution in [0.1, 0.15) is 21.7 Å². The molecule has 2 aromatic heterocycles. The third kappa shape index (κ3) is 3.21. The number of carbonyl (C=O) groups is 1. The number of aryl methyl sites for hydroxylation is 2. The average Bonchev–Trinajstić information content (AvgIpc) is 3.25. The summed E-state index contributed by atoms with van der Waals surface area (Å²) >= 11 is 1.43. The Hall–Kier alpha value is -3.66. The lowest BCUT2D eigenvalue weighted by molar-refractivity contribution is -0.384. The first-order valence-corrected chi connectivity index (χ1v) is 9.10. The normalized spacial score (nSPS) is 10.9. The number of anilines is 1. The molecular formula is C18H14N6O3S. The molecule has 0 bridgehead atoms. The molecule has 140 valence electrons. The Morgan fingerprint density at radius 2 is 2.00 bits per heavy atom. The summed E-state index contributed by atoms with van der Waals surface area (Å²) in [5, 5.41) is 27.0. The van der Waals surface area contributed by atoms with Crippen LogP contribution >= 0.6 is 11.3 Å². The lowest BCUT2D eigenvalue weighted by Gasteiger charge is -2.09. The third-order valence-corrected chi connectivity index (χ3v) is 5.14. The molecule has 0 aliphatic carbocycles. The number of hydrogen-bond acceptors (Lipinski definition) is 7. The first-order chi connectivity index (χ1) is 13.4. The first kappa shape index (κ1) is 17.7. The van der Waals surface area contributed by atoms with Gasteiger partial charge in [-0.05, 0) is 43.7 Å². The molecule has 0 saturated carbocycles. The number of amides is 1. The zero-order valence-electron chi connectivity index (χ0n) is 14.9. The van der Waals surface area contributed by atoms with Gasteiger partial charge in [-0.3, -0.25) is 14.9 Å². The number of nitro benzene ring substituents is 1. The summed E-state index contributed by atoms with van der Waals surface area (Å²) in [4.78, 5) is 23.5. The van der Waals surface area contributed by atoms with E-state index in [1.807, 2.05) is 26.0 Å². The first-order valence-electron chi connectivity index (χ1n) is 8.28. The summed E-state index contributed by atoms with van der Waals surface area (Å²) in [6.45, 7) is 3.71. The highest BCUT2D eigenvalue weighted by Gasteiger charge is 2.14. The van der Waals surface area contributed by atoms with Gasteiger partial charge >= 0.3 is 0 Å². The van der Waals surface area contributed by atoms with E-state index in [1.165, 1.54) is 35.6 Å². The standard InChI is InChI=1S/C18H14N6O3S/c1-10-8-13(17-22-23-11(2)20-21-18(23)28-17)6-7-15(10)19-16(25)12-4-3-5-14(9-12)24(26)27/h3-9H,1-2H3,(H,19,25). The Morgan fingerprint density at radius 3 is 2.71 bits per heavy atom. The van der Waals surface area contributed by atoms with E-state index >= 15 is 0 Å². The SMILES string of the molecule is Cc1cc(-c2nn3c(C)nnc3s2)ccc1NC(=O)c1cccc([N+](=O)[O-])c1. The highest BCUT2D eigenvalue weighted by Crippen LogP contribution is 2.29. The number of benzene rings is 2. The third-order valence-electron chi connectivity index (χ3n) is 4.19. The van der Waals surface area contributed by atoms with Gasteiger partial charge in [-0.15, -0.1) is 10.2 Å². The number of nitro groups is 1. The number of carbonyl (C=O) groups excluding carboxylic acids is 1. The summed E-state index contributed by atoms with van der Waals surface area (Å²) in [6, 6.07) is 11.2. The van der Waals surface area contributed by atoms with Crippen molar-refractivity contribution >= 4 is 33.6 Å². The zero-order chi connectivity index (χ0) is 19.8. The number of fused-ring (bicyclic) bond motifs is 1. The minimum absolute atomic E-state index is 0.127. The molecule has 2 aromatic carbocycles. The van der Waals surface area contributed by atoms with Crippen LogP contribution in [0.3, 0.4) is 0 Å². The number of hydrogen-bond donors (Lipinski definition) is 1. The fourth-order valence-corrected chi connectivity index (χ4v) is 3.60. The summed E-state index contributed by atoms with van der Waals surface area (Å²) < 4.78 is 1.69. The van der Waals surface area contributed by atoms with Gasteiger partial charge in [0.25, 0.3) is 11.6 Å². The number of nitrogens with zero attached hydrogens (tertiary/aromatic N) is 5. The van der Waals surface area contributed by atoms with Crippen molar-refractivity contribution in [2.75, 3.05) is 5.32 Å². The van der Waals surface area contributed by atoms with Crippen molar-refractivity contribution in [3.8, 4) is 10.6 Å². The molecule has 1 amide bonds. The number of nitrogens with one attached hydrogen (secondary N) is 1. The molecule has 0 fully saturated rings. The predicted octanol–water partition coefficient (Wildman–Crippen LogP) is 3.63. The van der Waals surface area contributed by atoms with Crippen LogP contribution in [0.25, 0.3) is 15.5 Å². The van der Waals surface area contributed by atoms with Crippen LogP contribution in [0.4, 0.5) is 11.4 Å². The molecule has 2 heterocycles. The topological polar surface area (TPSA) is 115 Å². The Labute approximate surface area is 162 Å². The fourth-order valence-electron chi connectivity index (χ4n) is 2.72. The number of non-ortho nitro benzene ring substituents is 1. The molecule has 0 aliphatic heterocycles. The monoisotopic (exact) mass is 394 g/mol. The van der Waals surface area contributed by atoms with Crippen LogP contribution in [-0.4, -0.2) is 30.6 Å². The Balaban J connectivity index is 1.58. The second kappa shape index (κ2) is 6.82. The Bertz CT molecular complexity index is 1230. The second-order valence-corrected chi connectivity index (χ2v) is 7.10. The van der Waals surface area contributed by atoms with Crippen molar-refractivity contribution < 1.29 is 9.72 Å². The van der Waals surface area contributed by atoms with Gasteiger partial charge in [-0.2, -0.15) is 9.61 Å². The predicted molar refractivity (Wildman–Crippen MR) is 105 cm³/mol. The van der Waals surface area contributed by atoms with E-state index < -0.39 is 10.8 Å². The van der Waals surface area contributed by atoms with E-state index in [-0.39, 0.29) is 11.3 Å². The number of aromatic nitrogens is 4. The molecule has 0 aliphatic rings. The lowest BCUT2D eigenvalue weighted by Crippen LogP contribution is -2.13. The van der Waals surface area contributed by atoms with Gasteiger partial charge in [0.05, 0.1) is 4.92 Å². The number of rotatable bonds is 4. The molecular weight excluding hydrogens is 380 g/mol. The fraction of sp³-hybridized carbons (Fsp3) is 0.111. The van der Waals surface area contributed by atoms with Crippen LogP contribution in [-0.2, 0) is 0 Å². The Kier molecular flexibility index (Phi) is 4.32. The van der Waals surface area contributed by atoms with E-state index in [2.05, 4.69) is 20.6 Å². The summed E-state index contributed by atoms with van der Waals surface area (Å²) in [6.07, 6.45) is 0. The molecule has 0 atom stereocenters. The molecule has 0 unspecified atom stereocenters. The summed E-state index contributed by atoms with van der Waals surface area (Å²) in [5.41, 5.74) is 2.47. The molecule has 0 radical (unpaired) electrons. The van der Waals surface area contributed by atoms with Gasteiger partial charge in [-0.1, -0.05) is 17.4 Å². The Morgan fingerprint density at radius 1 is 1.18 bits per heavy atom. The highest BCUT2D eigenvalue weighted by atomic mass is 32.1. The van der Waals surface area contributed by atoms with E-state index in [9.17, 15) is 14.9 Å². The highest BCUT2D eigenvalue weighted by molar-refractivity contribution is 7.19. The van der Waals surface area contributed by atoms with Gasteiger partial charge in [0.15, 0.2) is 5.82 Å². The summed E-state index contributed by atoms with van der Waals surface area (Å²) in [7, 11) is 0. The van der Waals surface area contributed by atoms with Crippen molar-refractivity contribution in [1.29, 1.82) is 0 Å². The molecule has 1 N–H and O–H groups in total. The molecule has 0 saturated heterocycles. The van der Waals surface area contributed by atoms with Gasteiger partial charge < -0.3 is 5.32 Å². The minimum Gasteiger partial charge on any atom is -0.322 e. The van der Waals surface area contributed by atoms with Gasteiger partial charge in [0, 0.05) is 28.9 Å². The van der Waals surface area contributed by atoms with Crippen LogP contribution in [0, 0.1) is 24.0 Å². The largest absolute Gasteiger partial charge is 0.322 e. The maximum Gasteiger partial charge on any atom is 0.270 e. The van der Waals surface area contributed by atoms with Crippen molar-refractivity contribution in [2.45, 2.75) is 13.8 Å². The van der Waals surface area contributed by atoms with E-state index in [0.29, 0.717) is 10.6 Å². The van der Waals surface area contributed by atoms with Gasteiger partial charge in [0.2, 0.25) is 4.96 Å². The lowest BCUT2D eigenvalue weighted by atomic mass is 10.1. The van der Waals surface area contributed by atoms with E-state index in [1.54, 1.807) is 10.6 Å². The molecule has 10 heteroatoms. The van der Waals surface area contributed by atoms with Gasteiger partial charge in [0.1, 0.15) is 5.01 Å². The molecule has 0 spiro atoms. The molecule has 9 nitrogen and oxygen atoms in total. The maximum absolute atomic E-state index is 12.5. The second-order valence-electron chi connectivity index (χ2n) is 6.14. The molecule has 4 rings (SSSR count). The molecule has 4 aromatic rings.